The Bertz CT molecular complexity index is 1590. The summed E-state index contributed by atoms with van der Waals surface area (Å²) in [6.07, 6.45) is 2.85. The van der Waals surface area contributed by atoms with E-state index in [0.717, 1.165) is 82.6 Å². The van der Waals surface area contributed by atoms with Crippen LogP contribution in [0.3, 0.4) is 0 Å². The molecule has 2 saturated carbocycles. The van der Waals surface area contributed by atoms with Gasteiger partial charge in [-0.05, 0) is 110 Å². The van der Waals surface area contributed by atoms with Crippen molar-refractivity contribution in [1.82, 2.24) is 0 Å². The summed E-state index contributed by atoms with van der Waals surface area (Å²) in [6, 6.07) is 9.92. The van der Waals surface area contributed by atoms with Gasteiger partial charge in [0.05, 0.1) is 11.0 Å². The van der Waals surface area contributed by atoms with Crippen LogP contribution in [0.25, 0.3) is 11.1 Å². The minimum Gasteiger partial charge on any atom is -0.616 e. The Balaban J connectivity index is 1.17. The summed E-state index contributed by atoms with van der Waals surface area (Å²) >= 11 is -1.41. The molecule has 0 amide bonds. The summed E-state index contributed by atoms with van der Waals surface area (Å²) in [7, 11) is 0. The molecule has 0 radical (unpaired) electrons. The van der Waals surface area contributed by atoms with Crippen molar-refractivity contribution in [3.05, 3.63) is 57.6 Å². The molecule has 7 atom stereocenters. The SMILES string of the molecule is C[C@]12CC[C@@H]3c4ccc(-c5cc([N+](=O)[O-])ccc5OC(=O)O)cc4C[C@@H](CCCCCCCCC[S+]([O-])CCCC(F)(F)C(F)(F)F)[C@H]3[C@@H]1CC[C@@H]2O. The Hall–Kier alpha value is -2.97. The maximum atomic E-state index is 13.1. The summed E-state index contributed by atoms with van der Waals surface area (Å²) in [5, 5.41) is 31.9. The maximum Gasteiger partial charge on any atom is 0.511 e. The van der Waals surface area contributed by atoms with Crippen molar-refractivity contribution < 1.29 is 51.2 Å². The highest BCUT2D eigenvalue weighted by molar-refractivity contribution is 7.91. The van der Waals surface area contributed by atoms with E-state index in [1.54, 1.807) is 0 Å². The van der Waals surface area contributed by atoms with Gasteiger partial charge < -0.3 is 19.5 Å². The molecule has 5 rings (SSSR count). The molecule has 0 aromatic heterocycles. The first-order chi connectivity index (χ1) is 25.0. The average molecular weight is 772 g/mol. The van der Waals surface area contributed by atoms with E-state index in [2.05, 4.69) is 13.0 Å². The fourth-order valence-corrected chi connectivity index (χ4v) is 10.7. The minimum atomic E-state index is -5.58. The molecule has 0 bridgehead atoms. The second-order valence-corrected chi connectivity index (χ2v) is 17.2. The number of rotatable bonds is 17. The van der Waals surface area contributed by atoms with E-state index in [1.165, 1.54) is 23.8 Å². The second-order valence-electron chi connectivity index (χ2n) is 15.5. The van der Waals surface area contributed by atoms with Crippen LogP contribution in [0.4, 0.5) is 32.4 Å². The predicted molar refractivity (Wildman–Crippen MR) is 192 cm³/mol. The van der Waals surface area contributed by atoms with E-state index in [0.29, 0.717) is 47.0 Å². The summed E-state index contributed by atoms with van der Waals surface area (Å²) in [5.41, 5.74) is 3.16. The molecule has 2 aromatic rings. The molecule has 294 valence electrons. The molecule has 0 spiro atoms. The number of nitro groups is 1. The first-order valence-electron chi connectivity index (χ1n) is 18.8. The summed E-state index contributed by atoms with van der Waals surface area (Å²) in [6.45, 7) is 2.25. The number of unbranched alkanes of at least 4 members (excludes halogenated alkanes) is 6. The monoisotopic (exact) mass is 771 g/mol. The predicted octanol–water partition coefficient (Wildman–Crippen LogP) is 10.6. The van der Waals surface area contributed by atoms with Crippen LogP contribution in [0.5, 0.6) is 5.75 Å². The van der Waals surface area contributed by atoms with Gasteiger partial charge in [0.15, 0.2) is 0 Å². The second kappa shape index (κ2) is 17.2. The number of carbonyl (C=O) groups is 1. The van der Waals surface area contributed by atoms with E-state index in [1.807, 2.05) is 12.1 Å². The molecule has 2 aromatic carbocycles. The van der Waals surface area contributed by atoms with E-state index >= 15 is 0 Å². The number of halogens is 5. The van der Waals surface area contributed by atoms with Crippen molar-refractivity contribution in [3.63, 3.8) is 0 Å². The van der Waals surface area contributed by atoms with E-state index in [9.17, 15) is 51.6 Å². The molecule has 1 unspecified atom stereocenters. The molecule has 0 heterocycles. The Morgan fingerprint density at radius 3 is 2.32 bits per heavy atom. The zero-order valence-electron chi connectivity index (χ0n) is 30.1. The first kappa shape index (κ1) is 41.2. The van der Waals surface area contributed by atoms with Crippen molar-refractivity contribution >= 4 is 23.0 Å². The zero-order chi connectivity index (χ0) is 38.6. The van der Waals surface area contributed by atoms with Crippen LogP contribution in [-0.2, 0) is 17.6 Å². The van der Waals surface area contributed by atoms with Gasteiger partial charge in [0, 0.05) is 24.1 Å². The molecule has 0 saturated heterocycles. The number of nitrogens with zero attached hydrogens (tertiary/aromatic N) is 1. The largest absolute Gasteiger partial charge is 0.616 e. The van der Waals surface area contributed by atoms with Crippen molar-refractivity contribution in [2.75, 3.05) is 11.5 Å². The van der Waals surface area contributed by atoms with Gasteiger partial charge in [-0.1, -0.05) is 68.4 Å². The molecule has 2 fully saturated rings. The van der Waals surface area contributed by atoms with Crippen molar-refractivity contribution in [1.29, 1.82) is 0 Å². The van der Waals surface area contributed by atoms with Gasteiger partial charge in [0.25, 0.3) is 5.69 Å². The van der Waals surface area contributed by atoms with Crippen LogP contribution in [0.1, 0.15) is 114 Å². The quantitative estimate of drug-likeness (QED) is 0.0311. The Kier molecular flexibility index (Phi) is 13.4. The topological polar surface area (TPSA) is 133 Å². The summed E-state index contributed by atoms with van der Waals surface area (Å²) in [4.78, 5) is 22.5. The van der Waals surface area contributed by atoms with Gasteiger partial charge in [0.2, 0.25) is 0 Å². The highest BCUT2D eigenvalue weighted by Gasteiger charge is 2.57. The third-order valence-electron chi connectivity index (χ3n) is 12.3. The summed E-state index contributed by atoms with van der Waals surface area (Å²) in [5.74, 6) is -3.04. The number of carboxylic acid groups (broad SMARTS) is 1. The highest BCUT2D eigenvalue weighted by Crippen LogP contribution is 2.63. The Labute approximate surface area is 310 Å². The minimum absolute atomic E-state index is 0.0297. The van der Waals surface area contributed by atoms with Crippen LogP contribution in [-0.4, -0.2) is 55.6 Å². The molecule has 3 aliphatic carbocycles. The Morgan fingerprint density at radius 1 is 0.962 bits per heavy atom. The number of aliphatic hydroxyl groups excluding tert-OH is 1. The van der Waals surface area contributed by atoms with Gasteiger partial charge in [-0.15, -0.1) is 0 Å². The van der Waals surface area contributed by atoms with E-state index < -0.39 is 47.2 Å². The molecule has 0 aliphatic heterocycles. The molecular formula is C39H50F5NO7S. The highest BCUT2D eigenvalue weighted by atomic mass is 32.2. The molecule has 8 nitrogen and oxygen atoms in total. The van der Waals surface area contributed by atoms with Crippen molar-refractivity contribution in [2.45, 2.75) is 127 Å². The number of aliphatic hydroxyl groups is 1. The Morgan fingerprint density at radius 2 is 1.64 bits per heavy atom. The standard InChI is InChI=1S/C39H50F5NO7S/c1-37-19-17-30-29-13-11-25(31-24-28(45(49)50)12-15-33(31)52-36(47)48)22-27(29)23-26(35(30)32(37)14-16-34(37)46)10-7-5-3-2-4-6-8-20-53(51)21-9-18-38(40,41)39(42,43)44/h11-13,15,22,24,26,30,32,34-35,46H,2-10,14,16-21,23H2,1H3,(H,47,48)/t26-,30-,32+,34+,35-,37+,53?/m1/s1. The maximum absolute atomic E-state index is 13.1. The van der Waals surface area contributed by atoms with Gasteiger partial charge in [-0.25, -0.2) is 4.79 Å². The number of ether oxygens (including phenoxy) is 1. The zero-order valence-corrected chi connectivity index (χ0v) is 30.9. The van der Waals surface area contributed by atoms with Gasteiger partial charge in [0.1, 0.15) is 17.3 Å². The van der Waals surface area contributed by atoms with E-state index in [4.69, 9.17) is 4.74 Å². The van der Waals surface area contributed by atoms with Crippen LogP contribution in [0.15, 0.2) is 36.4 Å². The fourth-order valence-electron chi connectivity index (χ4n) is 9.50. The van der Waals surface area contributed by atoms with Crippen LogP contribution >= 0.6 is 0 Å². The average Bonchev–Trinajstić information content (AvgIpc) is 3.39. The number of alkyl halides is 5. The lowest BCUT2D eigenvalue weighted by atomic mass is 9.52. The van der Waals surface area contributed by atoms with Crippen LogP contribution in [0, 0.1) is 33.3 Å². The molecule has 3 aliphatic rings. The number of non-ortho nitro benzene ring substituents is 1. The fraction of sp³-hybridized carbons (Fsp3) is 0.667. The van der Waals surface area contributed by atoms with E-state index in [-0.39, 0.29) is 28.7 Å². The van der Waals surface area contributed by atoms with Gasteiger partial charge >= 0.3 is 18.3 Å². The molecule has 14 heteroatoms. The molecular weight excluding hydrogens is 721 g/mol. The number of benzene rings is 2. The van der Waals surface area contributed by atoms with Crippen molar-refractivity contribution in [3.8, 4) is 16.9 Å². The normalized spacial score (nSPS) is 26.0. The van der Waals surface area contributed by atoms with Crippen molar-refractivity contribution in [2.24, 2.45) is 23.2 Å². The lowest BCUT2D eigenvalue weighted by Gasteiger charge is -2.53. The summed E-state index contributed by atoms with van der Waals surface area (Å²) < 4.78 is 80.2. The number of fused-ring (bicyclic) bond motifs is 5. The third-order valence-corrected chi connectivity index (χ3v) is 13.7. The lowest BCUT2D eigenvalue weighted by molar-refractivity contribution is -0.384. The number of hydrogen-bond donors (Lipinski definition) is 2. The molecule has 2 N–H and O–H groups in total. The van der Waals surface area contributed by atoms with Gasteiger partial charge in [-0.2, -0.15) is 22.0 Å². The number of hydrogen-bond acceptors (Lipinski definition) is 6. The van der Waals surface area contributed by atoms with Crippen LogP contribution in [0.2, 0.25) is 0 Å². The number of nitro benzene ring substituents is 1. The third kappa shape index (κ3) is 9.65. The first-order valence-corrected chi connectivity index (χ1v) is 20.3. The van der Waals surface area contributed by atoms with Gasteiger partial charge in [-0.3, -0.25) is 10.1 Å². The smallest absolute Gasteiger partial charge is 0.511 e. The lowest BCUT2D eigenvalue weighted by Crippen LogP contribution is -2.47. The van der Waals surface area contributed by atoms with Crippen LogP contribution < -0.4 is 4.74 Å². The molecule has 53 heavy (non-hydrogen) atoms.